The van der Waals surface area contributed by atoms with Crippen LogP contribution in [-0.4, -0.2) is 30.0 Å². The van der Waals surface area contributed by atoms with Crippen molar-refractivity contribution in [2.75, 3.05) is 18.5 Å². The Labute approximate surface area is 170 Å². The molecule has 1 unspecified atom stereocenters. The van der Waals surface area contributed by atoms with Crippen molar-refractivity contribution in [3.63, 3.8) is 0 Å². The normalized spacial score (nSPS) is 13.9. The number of nitro benzene ring substituents is 1. The van der Waals surface area contributed by atoms with Crippen LogP contribution in [0.4, 0.5) is 11.4 Å². The molecule has 0 saturated carbocycles. The minimum atomic E-state index is -1.32. The Morgan fingerprint density at radius 3 is 2.55 bits per heavy atom. The molecule has 1 aliphatic rings. The number of nitrogens with one attached hydrogen (secondary N) is 1. The van der Waals surface area contributed by atoms with Crippen LogP contribution in [0, 0.1) is 10.1 Å². The summed E-state index contributed by atoms with van der Waals surface area (Å²) in [6.07, 6.45) is -0.194. The third kappa shape index (κ3) is 5.02. The van der Waals surface area contributed by atoms with Gasteiger partial charge in [-0.15, -0.1) is 0 Å². The second-order valence-electron chi connectivity index (χ2n) is 5.81. The van der Waals surface area contributed by atoms with Gasteiger partial charge in [0.25, 0.3) is 11.6 Å². The highest BCUT2D eigenvalue weighted by atomic mass is 35.5. The van der Waals surface area contributed by atoms with E-state index in [4.69, 9.17) is 25.8 Å². The summed E-state index contributed by atoms with van der Waals surface area (Å²) in [4.78, 5) is 35.4. The monoisotopic (exact) mass is 418 g/mol. The maximum absolute atomic E-state index is 12.8. The van der Waals surface area contributed by atoms with E-state index in [0.29, 0.717) is 12.2 Å². The second kappa shape index (κ2) is 9.07. The fourth-order valence-corrected chi connectivity index (χ4v) is 2.68. The van der Waals surface area contributed by atoms with Gasteiger partial charge >= 0.3 is 5.97 Å². The Morgan fingerprint density at radius 1 is 1.17 bits per heavy atom. The molecule has 9 nitrogen and oxygen atoms in total. The number of nitro groups is 1. The number of esters is 1. The SMILES string of the molecule is O=C(OC(C(=O)Nc1ccc([N+](=O)[O-])cc1Cl)c1ccccc1)C1=COCCO1. The number of ether oxygens (including phenoxy) is 3. The number of benzene rings is 2. The van der Waals surface area contributed by atoms with E-state index in [2.05, 4.69) is 5.32 Å². The van der Waals surface area contributed by atoms with Gasteiger partial charge in [-0.2, -0.15) is 0 Å². The van der Waals surface area contributed by atoms with E-state index in [0.717, 1.165) is 12.3 Å². The topological polar surface area (TPSA) is 117 Å². The summed E-state index contributed by atoms with van der Waals surface area (Å²) in [5.74, 6) is -1.72. The van der Waals surface area contributed by atoms with Gasteiger partial charge in [-0.3, -0.25) is 14.9 Å². The molecule has 2 aromatic rings. The molecule has 1 heterocycles. The van der Waals surface area contributed by atoms with Crippen molar-refractivity contribution in [2.24, 2.45) is 0 Å². The number of halogens is 1. The van der Waals surface area contributed by atoms with E-state index in [-0.39, 0.29) is 28.8 Å². The molecular formula is C19H15ClN2O7. The van der Waals surface area contributed by atoms with Crippen molar-refractivity contribution in [3.05, 3.63) is 81.3 Å². The summed E-state index contributed by atoms with van der Waals surface area (Å²) in [6.45, 7) is 0.486. The number of carbonyl (C=O) groups is 2. The predicted molar refractivity (Wildman–Crippen MR) is 102 cm³/mol. The van der Waals surface area contributed by atoms with Crippen molar-refractivity contribution in [1.29, 1.82) is 0 Å². The molecule has 1 aliphatic heterocycles. The molecule has 0 fully saturated rings. The van der Waals surface area contributed by atoms with Crippen LogP contribution in [0.5, 0.6) is 0 Å². The first-order valence-electron chi connectivity index (χ1n) is 8.41. The van der Waals surface area contributed by atoms with Gasteiger partial charge in [0, 0.05) is 17.7 Å². The van der Waals surface area contributed by atoms with Crippen molar-refractivity contribution in [3.8, 4) is 0 Å². The zero-order valence-corrected chi connectivity index (χ0v) is 15.6. The number of anilines is 1. The average molecular weight is 419 g/mol. The average Bonchev–Trinajstić information content (AvgIpc) is 2.74. The zero-order valence-electron chi connectivity index (χ0n) is 14.9. The fourth-order valence-electron chi connectivity index (χ4n) is 2.46. The first-order chi connectivity index (χ1) is 14.0. The lowest BCUT2D eigenvalue weighted by Gasteiger charge is -2.20. The van der Waals surface area contributed by atoms with Crippen molar-refractivity contribution >= 4 is 34.9 Å². The number of amides is 1. The fraction of sp³-hybridized carbons (Fsp3) is 0.158. The Kier molecular flexibility index (Phi) is 6.30. The molecule has 2 aromatic carbocycles. The number of hydrogen-bond donors (Lipinski definition) is 1. The van der Waals surface area contributed by atoms with Crippen molar-refractivity contribution in [1.82, 2.24) is 0 Å². The number of rotatable bonds is 6. The van der Waals surface area contributed by atoms with Crippen molar-refractivity contribution < 1.29 is 28.7 Å². The Bertz CT molecular complexity index is 962. The van der Waals surface area contributed by atoms with Crippen LogP contribution in [0.25, 0.3) is 0 Å². The lowest BCUT2D eigenvalue weighted by molar-refractivity contribution is -0.384. The molecule has 1 atom stereocenters. The van der Waals surface area contributed by atoms with Crippen LogP contribution in [0.2, 0.25) is 5.02 Å². The molecule has 10 heteroatoms. The molecule has 3 rings (SSSR count). The van der Waals surface area contributed by atoms with Crippen LogP contribution in [0.3, 0.4) is 0 Å². The molecule has 1 amide bonds. The van der Waals surface area contributed by atoms with Gasteiger partial charge in [0.1, 0.15) is 19.5 Å². The molecule has 1 N–H and O–H groups in total. The van der Waals surface area contributed by atoms with E-state index in [1.54, 1.807) is 30.3 Å². The lowest BCUT2D eigenvalue weighted by atomic mass is 10.1. The first kappa shape index (κ1) is 20.2. The minimum absolute atomic E-state index is 0.0302. The second-order valence-corrected chi connectivity index (χ2v) is 6.22. The molecule has 29 heavy (non-hydrogen) atoms. The van der Waals surface area contributed by atoms with Gasteiger partial charge in [0.2, 0.25) is 11.9 Å². The number of hydrogen-bond acceptors (Lipinski definition) is 7. The largest absolute Gasteiger partial charge is 0.493 e. The van der Waals surface area contributed by atoms with Gasteiger partial charge in [-0.25, -0.2) is 4.79 Å². The van der Waals surface area contributed by atoms with Gasteiger partial charge < -0.3 is 19.5 Å². The highest BCUT2D eigenvalue weighted by molar-refractivity contribution is 6.34. The smallest absolute Gasteiger partial charge is 0.378 e. The number of nitrogens with zero attached hydrogens (tertiary/aromatic N) is 1. The van der Waals surface area contributed by atoms with Crippen LogP contribution in [0.15, 0.2) is 60.6 Å². The number of carbonyl (C=O) groups excluding carboxylic acids is 2. The van der Waals surface area contributed by atoms with E-state index >= 15 is 0 Å². The van der Waals surface area contributed by atoms with Crippen LogP contribution in [-0.2, 0) is 23.8 Å². The number of non-ortho nitro benzene ring substituents is 1. The summed E-state index contributed by atoms with van der Waals surface area (Å²) >= 11 is 6.02. The highest BCUT2D eigenvalue weighted by Crippen LogP contribution is 2.29. The van der Waals surface area contributed by atoms with Gasteiger partial charge in [-0.05, 0) is 6.07 Å². The van der Waals surface area contributed by atoms with E-state index in [1.165, 1.54) is 12.1 Å². The third-order valence-electron chi connectivity index (χ3n) is 3.84. The van der Waals surface area contributed by atoms with E-state index in [1.807, 2.05) is 0 Å². The Hall–Kier alpha value is -3.59. The quantitative estimate of drug-likeness (QED) is 0.434. The molecule has 0 bridgehead atoms. The molecule has 0 aromatic heterocycles. The standard InChI is InChI=1S/C19H15ClN2O7/c20-14-10-13(22(25)26)6-7-15(14)21-18(23)17(12-4-2-1-3-5-12)29-19(24)16-11-27-8-9-28-16/h1-7,10-11,17H,8-9H2,(H,21,23). The van der Waals surface area contributed by atoms with Crippen LogP contribution < -0.4 is 5.32 Å². The molecule has 0 saturated heterocycles. The molecule has 0 aliphatic carbocycles. The molecule has 0 spiro atoms. The van der Waals surface area contributed by atoms with Crippen LogP contribution >= 0.6 is 11.6 Å². The molecule has 0 radical (unpaired) electrons. The van der Waals surface area contributed by atoms with Crippen molar-refractivity contribution in [2.45, 2.75) is 6.10 Å². The van der Waals surface area contributed by atoms with Gasteiger partial charge in [-0.1, -0.05) is 41.9 Å². The highest BCUT2D eigenvalue weighted by Gasteiger charge is 2.29. The van der Waals surface area contributed by atoms with Gasteiger partial charge in [0.05, 0.1) is 15.6 Å². The maximum Gasteiger partial charge on any atom is 0.378 e. The predicted octanol–water partition coefficient (Wildman–Crippen LogP) is 3.36. The summed E-state index contributed by atoms with van der Waals surface area (Å²) in [6, 6.07) is 11.9. The van der Waals surface area contributed by atoms with Crippen LogP contribution in [0.1, 0.15) is 11.7 Å². The van der Waals surface area contributed by atoms with E-state index in [9.17, 15) is 19.7 Å². The van der Waals surface area contributed by atoms with E-state index < -0.39 is 22.9 Å². The minimum Gasteiger partial charge on any atom is -0.493 e. The summed E-state index contributed by atoms with van der Waals surface area (Å²) in [7, 11) is 0. The molecular weight excluding hydrogens is 404 g/mol. The first-order valence-corrected chi connectivity index (χ1v) is 8.79. The summed E-state index contributed by atoms with van der Waals surface area (Å²) in [5, 5.41) is 13.3. The maximum atomic E-state index is 12.8. The zero-order chi connectivity index (χ0) is 20.8. The summed E-state index contributed by atoms with van der Waals surface area (Å²) < 4.78 is 15.5. The van der Waals surface area contributed by atoms with Gasteiger partial charge in [0.15, 0.2) is 0 Å². The summed E-state index contributed by atoms with van der Waals surface area (Å²) in [5.41, 5.74) is 0.324. The Balaban J connectivity index is 1.82. The molecule has 150 valence electrons. The Morgan fingerprint density at radius 2 is 1.93 bits per heavy atom. The third-order valence-corrected chi connectivity index (χ3v) is 4.15. The lowest BCUT2D eigenvalue weighted by Crippen LogP contribution is -2.27.